The standard InChI is InChI=1S/C12H16O4/c1-3-7-16-11-8-9(15-4-2)5-6-10(11)12(13)14/h5-6,8H,3-4,7H2,1-2H3,(H,13,14)/p-1. The van der Waals surface area contributed by atoms with Crippen molar-refractivity contribution in [2.75, 3.05) is 13.2 Å². The Bertz CT molecular complexity index is 360. The lowest BCUT2D eigenvalue weighted by Gasteiger charge is -2.13. The van der Waals surface area contributed by atoms with Crippen LogP contribution in [0.4, 0.5) is 0 Å². The summed E-state index contributed by atoms with van der Waals surface area (Å²) in [6.07, 6.45) is 0.811. The summed E-state index contributed by atoms with van der Waals surface area (Å²) in [5.41, 5.74) is 0.0527. The van der Waals surface area contributed by atoms with Gasteiger partial charge in [0.1, 0.15) is 11.5 Å². The molecule has 88 valence electrons. The van der Waals surface area contributed by atoms with Crippen molar-refractivity contribution >= 4 is 5.97 Å². The van der Waals surface area contributed by atoms with Crippen LogP contribution in [0, 0.1) is 0 Å². The Morgan fingerprint density at radius 2 is 2.06 bits per heavy atom. The van der Waals surface area contributed by atoms with Crippen LogP contribution in [0.15, 0.2) is 18.2 Å². The van der Waals surface area contributed by atoms with Crippen molar-refractivity contribution in [3.63, 3.8) is 0 Å². The average Bonchev–Trinajstić information content (AvgIpc) is 2.26. The van der Waals surface area contributed by atoms with Gasteiger partial charge in [0.25, 0.3) is 0 Å². The smallest absolute Gasteiger partial charge is 0.132 e. The van der Waals surface area contributed by atoms with Gasteiger partial charge in [0, 0.05) is 11.6 Å². The van der Waals surface area contributed by atoms with Crippen molar-refractivity contribution in [2.24, 2.45) is 0 Å². The SMILES string of the molecule is CCCOc1cc(OCC)ccc1C(=O)[O-]. The molecule has 1 aromatic rings. The van der Waals surface area contributed by atoms with Crippen LogP contribution in [0.5, 0.6) is 11.5 Å². The molecule has 0 aliphatic rings. The van der Waals surface area contributed by atoms with E-state index in [9.17, 15) is 9.90 Å². The van der Waals surface area contributed by atoms with E-state index in [1.807, 2.05) is 13.8 Å². The number of hydrogen-bond acceptors (Lipinski definition) is 4. The van der Waals surface area contributed by atoms with Crippen LogP contribution in [0.2, 0.25) is 0 Å². The minimum atomic E-state index is -1.24. The number of ether oxygens (including phenoxy) is 2. The summed E-state index contributed by atoms with van der Waals surface area (Å²) in [7, 11) is 0. The molecule has 0 unspecified atom stereocenters. The predicted octanol–water partition coefficient (Wildman–Crippen LogP) is 1.24. The van der Waals surface area contributed by atoms with E-state index >= 15 is 0 Å². The molecule has 0 atom stereocenters. The molecule has 0 fully saturated rings. The molecule has 0 aromatic heterocycles. The van der Waals surface area contributed by atoms with Gasteiger partial charge in [-0.25, -0.2) is 0 Å². The van der Waals surface area contributed by atoms with Crippen LogP contribution in [0.25, 0.3) is 0 Å². The highest BCUT2D eigenvalue weighted by molar-refractivity contribution is 5.89. The monoisotopic (exact) mass is 223 g/mol. The summed E-state index contributed by atoms with van der Waals surface area (Å²) >= 11 is 0. The van der Waals surface area contributed by atoms with E-state index in [-0.39, 0.29) is 5.56 Å². The van der Waals surface area contributed by atoms with E-state index in [1.54, 1.807) is 12.1 Å². The topological polar surface area (TPSA) is 58.6 Å². The average molecular weight is 223 g/mol. The maximum absolute atomic E-state index is 10.8. The van der Waals surface area contributed by atoms with E-state index in [0.717, 1.165) is 6.42 Å². The first-order valence-corrected chi connectivity index (χ1v) is 5.30. The number of carbonyl (C=O) groups is 1. The maximum atomic E-state index is 10.8. The molecule has 4 heteroatoms. The van der Waals surface area contributed by atoms with Gasteiger partial charge in [-0.1, -0.05) is 6.92 Å². The molecule has 0 heterocycles. The number of hydrogen-bond donors (Lipinski definition) is 0. The van der Waals surface area contributed by atoms with Crippen LogP contribution in [-0.4, -0.2) is 19.2 Å². The quantitative estimate of drug-likeness (QED) is 0.728. The molecule has 0 aliphatic heterocycles. The number of carboxylic acid groups (broad SMARTS) is 1. The van der Waals surface area contributed by atoms with Gasteiger partial charge >= 0.3 is 0 Å². The molecule has 0 radical (unpaired) electrons. The lowest BCUT2D eigenvalue weighted by Crippen LogP contribution is -2.23. The summed E-state index contributed by atoms with van der Waals surface area (Å²) in [4.78, 5) is 10.8. The Balaban J connectivity index is 2.95. The largest absolute Gasteiger partial charge is 0.545 e. The zero-order chi connectivity index (χ0) is 12.0. The Morgan fingerprint density at radius 3 is 2.62 bits per heavy atom. The van der Waals surface area contributed by atoms with E-state index in [1.165, 1.54) is 6.07 Å². The second-order valence-corrected chi connectivity index (χ2v) is 3.23. The molecule has 0 spiro atoms. The van der Waals surface area contributed by atoms with Crippen molar-refractivity contribution in [1.82, 2.24) is 0 Å². The van der Waals surface area contributed by atoms with Crippen LogP contribution < -0.4 is 14.6 Å². The van der Waals surface area contributed by atoms with Crippen LogP contribution in [0.3, 0.4) is 0 Å². The molecule has 4 nitrogen and oxygen atoms in total. The lowest BCUT2D eigenvalue weighted by molar-refractivity contribution is -0.255. The molecule has 0 saturated carbocycles. The van der Waals surface area contributed by atoms with E-state index < -0.39 is 5.97 Å². The molecule has 0 amide bonds. The van der Waals surface area contributed by atoms with Crippen LogP contribution in [-0.2, 0) is 0 Å². The van der Waals surface area contributed by atoms with E-state index in [4.69, 9.17) is 9.47 Å². The first kappa shape index (κ1) is 12.4. The second-order valence-electron chi connectivity index (χ2n) is 3.23. The zero-order valence-electron chi connectivity index (χ0n) is 9.49. The third-order valence-electron chi connectivity index (χ3n) is 1.95. The summed E-state index contributed by atoms with van der Waals surface area (Å²) in [5, 5.41) is 10.8. The third-order valence-corrected chi connectivity index (χ3v) is 1.95. The summed E-state index contributed by atoms with van der Waals surface area (Å²) < 4.78 is 10.6. The van der Waals surface area contributed by atoms with Crippen molar-refractivity contribution < 1.29 is 19.4 Å². The molecule has 0 N–H and O–H groups in total. The fourth-order valence-corrected chi connectivity index (χ4v) is 1.26. The number of benzene rings is 1. The first-order valence-electron chi connectivity index (χ1n) is 5.30. The third kappa shape index (κ3) is 3.15. The van der Waals surface area contributed by atoms with Gasteiger partial charge in [-0.15, -0.1) is 0 Å². The number of carbonyl (C=O) groups excluding carboxylic acids is 1. The van der Waals surface area contributed by atoms with Crippen molar-refractivity contribution in [1.29, 1.82) is 0 Å². The van der Waals surface area contributed by atoms with E-state index in [0.29, 0.717) is 24.7 Å². The van der Waals surface area contributed by atoms with Gasteiger partial charge in [-0.3, -0.25) is 0 Å². The normalized spacial score (nSPS) is 9.88. The molecular formula is C12H15O4-. The molecule has 0 aliphatic carbocycles. The van der Waals surface area contributed by atoms with Gasteiger partial charge in [0.15, 0.2) is 0 Å². The Kier molecular flexibility index (Phi) is 4.64. The summed E-state index contributed by atoms with van der Waals surface area (Å²) in [6, 6.07) is 4.60. The molecular weight excluding hydrogens is 208 g/mol. The van der Waals surface area contributed by atoms with Gasteiger partial charge in [0.05, 0.1) is 19.2 Å². The first-order chi connectivity index (χ1) is 7.69. The minimum Gasteiger partial charge on any atom is -0.545 e. The fourth-order valence-electron chi connectivity index (χ4n) is 1.26. The van der Waals surface area contributed by atoms with Crippen LogP contribution >= 0.6 is 0 Å². The van der Waals surface area contributed by atoms with Crippen molar-refractivity contribution in [3.8, 4) is 11.5 Å². The van der Waals surface area contributed by atoms with Gasteiger partial charge < -0.3 is 19.4 Å². The maximum Gasteiger partial charge on any atom is 0.132 e. The Labute approximate surface area is 94.8 Å². The lowest BCUT2D eigenvalue weighted by atomic mass is 10.2. The van der Waals surface area contributed by atoms with Gasteiger partial charge in [0.2, 0.25) is 0 Å². The summed E-state index contributed by atoms with van der Waals surface area (Å²) in [6.45, 7) is 4.80. The summed E-state index contributed by atoms with van der Waals surface area (Å²) in [5.74, 6) is -0.347. The highest BCUT2D eigenvalue weighted by atomic mass is 16.5. The molecule has 0 saturated heterocycles. The van der Waals surface area contributed by atoms with Crippen molar-refractivity contribution in [3.05, 3.63) is 23.8 Å². The highest BCUT2D eigenvalue weighted by Crippen LogP contribution is 2.24. The van der Waals surface area contributed by atoms with Crippen molar-refractivity contribution in [2.45, 2.75) is 20.3 Å². The zero-order valence-corrected chi connectivity index (χ0v) is 9.49. The minimum absolute atomic E-state index is 0.0527. The van der Waals surface area contributed by atoms with Crippen LogP contribution in [0.1, 0.15) is 30.6 Å². The molecule has 0 bridgehead atoms. The Morgan fingerprint density at radius 1 is 1.31 bits per heavy atom. The number of aromatic carboxylic acids is 1. The molecule has 16 heavy (non-hydrogen) atoms. The molecule has 1 rings (SSSR count). The number of carboxylic acids is 1. The van der Waals surface area contributed by atoms with Gasteiger partial charge in [-0.05, 0) is 25.5 Å². The van der Waals surface area contributed by atoms with Gasteiger partial charge in [-0.2, -0.15) is 0 Å². The highest BCUT2D eigenvalue weighted by Gasteiger charge is 2.06. The Hall–Kier alpha value is -1.71. The van der Waals surface area contributed by atoms with E-state index in [2.05, 4.69) is 0 Å². The predicted molar refractivity (Wildman–Crippen MR) is 57.7 cm³/mol. The fraction of sp³-hybridized carbons (Fsp3) is 0.417. The second kappa shape index (κ2) is 6.00. The molecule has 1 aromatic carbocycles. The number of rotatable bonds is 6.